The Labute approximate surface area is 480 Å². The number of hydrogen-bond acceptors (Lipinski definition) is 13. The molecule has 2 aromatic rings. The van der Waals surface area contributed by atoms with Crippen LogP contribution in [0.1, 0.15) is 129 Å². The lowest BCUT2D eigenvalue weighted by molar-refractivity contribution is -0.148. The molecule has 21 heteroatoms. The number of hydrogen-bond donors (Lipinski definition) is 4. The van der Waals surface area contributed by atoms with Gasteiger partial charge in [-0.25, -0.2) is 9.69 Å². The molecule has 19 nitrogen and oxygen atoms in total. The van der Waals surface area contributed by atoms with Crippen LogP contribution in [0.2, 0.25) is 0 Å². The normalized spacial score (nSPS) is 22.6. The largest absolute Gasteiger partial charge is 0.480 e. The number of carbonyl (C=O) groups excluding carboxylic acids is 8. The minimum Gasteiger partial charge on any atom is -0.480 e. The molecule has 1 saturated carbocycles. The standard InChI is InChI=1S/C59H85N7O12S2/c1-12-35(6)52(45(77-10)31-48(68)65-24-17-22-44(65)53(78-11)36(7)54(70)61-43(59(75)76)26-37-18-14-13-15-19-37)64(9)58(74)50(33(2)3)62-55(71)51(34(4)5)63(8)56(72)38-27-39-29-40(28-38)66-49(69)32-46(57(66)73)80-42-21-16-20-41(30-42)79-25-23-47(67)60-39/h13-15,18-19,27-29,33-36,41-46,50-53H,12,16-17,20-26,30-32H2,1-11H3,(H,60,67)(H,61,70)(H,62,71)(H,75,76)/t35-,36+,41?,42?,43-,44-,45+,46?,50-,51-,52-,53+/m0/s1. The van der Waals surface area contributed by atoms with Gasteiger partial charge in [-0.15, -0.1) is 11.8 Å². The molecule has 0 radical (unpaired) electrons. The number of benzene rings is 2. The summed E-state index contributed by atoms with van der Waals surface area (Å²) in [6.07, 6.45) is 4.32. The predicted molar refractivity (Wildman–Crippen MR) is 310 cm³/mol. The Bertz CT molecular complexity index is 2550. The second-order valence-corrected chi connectivity index (χ2v) is 25.7. The molecule has 3 unspecified atom stereocenters. The van der Waals surface area contributed by atoms with Crippen LogP contribution in [0.15, 0.2) is 48.5 Å². The summed E-state index contributed by atoms with van der Waals surface area (Å²) >= 11 is 3.30. The number of carbonyl (C=O) groups is 9. The van der Waals surface area contributed by atoms with Crippen molar-refractivity contribution in [1.29, 1.82) is 0 Å². The average molecular weight is 1150 g/mol. The summed E-state index contributed by atoms with van der Waals surface area (Å²) in [5, 5.41) is 18.6. The number of anilines is 2. The summed E-state index contributed by atoms with van der Waals surface area (Å²) < 4.78 is 12.0. The quantitative estimate of drug-likeness (QED) is 0.0933. The molecule has 4 N–H and O–H groups in total. The zero-order valence-electron chi connectivity index (χ0n) is 48.4. The van der Waals surface area contributed by atoms with Gasteiger partial charge in [0, 0.05) is 81.6 Å². The lowest BCUT2D eigenvalue weighted by Crippen LogP contribution is -2.60. The topological polar surface area (TPSA) is 241 Å². The van der Waals surface area contributed by atoms with E-state index in [1.54, 1.807) is 99.3 Å². The molecular weight excluding hydrogens is 1060 g/mol. The maximum Gasteiger partial charge on any atom is 0.326 e. The van der Waals surface area contributed by atoms with Gasteiger partial charge in [0.15, 0.2) is 0 Å². The fraction of sp³-hybridized carbons (Fsp3) is 0.644. The van der Waals surface area contributed by atoms with E-state index in [1.165, 1.54) is 44.4 Å². The zero-order valence-corrected chi connectivity index (χ0v) is 50.1. The zero-order chi connectivity index (χ0) is 58.7. The van der Waals surface area contributed by atoms with Crippen LogP contribution in [0.4, 0.5) is 11.4 Å². The van der Waals surface area contributed by atoms with Crippen LogP contribution < -0.4 is 20.9 Å². The maximum absolute atomic E-state index is 14.9. The molecule has 2 saturated heterocycles. The van der Waals surface area contributed by atoms with Crippen molar-refractivity contribution in [2.75, 3.05) is 50.8 Å². The number of nitrogens with zero attached hydrogens (tertiary/aromatic N) is 4. The van der Waals surface area contributed by atoms with Crippen molar-refractivity contribution >= 4 is 88.1 Å². The van der Waals surface area contributed by atoms with Gasteiger partial charge in [0.2, 0.25) is 41.4 Å². The van der Waals surface area contributed by atoms with Crippen LogP contribution in [-0.2, 0) is 54.3 Å². The number of methoxy groups -OCH3 is 2. The number of likely N-dealkylation sites (tertiary alicyclic amines) is 1. The third-order valence-corrected chi connectivity index (χ3v) is 19.3. The third kappa shape index (κ3) is 15.5. The summed E-state index contributed by atoms with van der Waals surface area (Å²) in [7, 11) is 6.07. The van der Waals surface area contributed by atoms with Crippen molar-refractivity contribution in [1.82, 2.24) is 25.3 Å². The fourth-order valence-electron chi connectivity index (χ4n) is 12.0. The molecule has 3 heterocycles. The van der Waals surface area contributed by atoms with E-state index >= 15 is 0 Å². The SMILES string of the molecule is CC[C@H](C)[C@@H]([C@@H](CC(=O)N1CCC[C@H]1[C@H](OC)[C@@H](C)C(=O)N[C@@H](Cc1ccccc1)C(=O)O)OC)N(C)C(=O)[C@@H](NC(=O)[C@H](C(C)C)N(C)C(=O)c1cc2cc(c1)N1C(=O)CC(SC3CCCC(C3)SCCC(=O)N2)C1=O)C(C)C. The Morgan fingerprint density at radius 2 is 1.55 bits per heavy atom. The van der Waals surface area contributed by atoms with Gasteiger partial charge in [-0.3, -0.25) is 38.4 Å². The number of aliphatic carboxylic acids is 1. The van der Waals surface area contributed by atoms with Crippen LogP contribution in [-0.4, -0.2) is 172 Å². The number of rotatable bonds is 22. The number of likely N-dealkylation sites (N-methyl/N-ethyl adjacent to an activating group) is 2. The summed E-state index contributed by atoms with van der Waals surface area (Å²) in [4.78, 5) is 131. The first-order valence-corrected chi connectivity index (χ1v) is 30.3. The fourth-order valence-corrected chi connectivity index (χ4v) is 15.0. The Morgan fingerprint density at radius 1 is 0.850 bits per heavy atom. The van der Waals surface area contributed by atoms with E-state index in [0.717, 1.165) is 36.1 Å². The molecule has 6 rings (SSSR count). The highest BCUT2D eigenvalue weighted by atomic mass is 32.2. The van der Waals surface area contributed by atoms with Crippen molar-refractivity contribution in [3.63, 3.8) is 0 Å². The highest BCUT2D eigenvalue weighted by Crippen LogP contribution is 2.41. The van der Waals surface area contributed by atoms with Crippen molar-refractivity contribution in [2.45, 2.75) is 177 Å². The minimum atomic E-state index is -1.18. The van der Waals surface area contributed by atoms with Crippen molar-refractivity contribution in [3.05, 3.63) is 59.7 Å². The van der Waals surface area contributed by atoms with Gasteiger partial charge < -0.3 is 45.2 Å². The lowest BCUT2D eigenvalue weighted by Gasteiger charge is -2.41. The van der Waals surface area contributed by atoms with Gasteiger partial charge in [-0.1, -0.05) is 91.6 Å². The number of imide groups is 1. The second-order valence-electron chi connectivity index (χ2n) is 22.8. The first kappa shape index (κ1) is 63.7. The molecule has 0 spiro atoms. The van der Waals surface area contributed by atoms with Crippen LogP contribution in [0.3, 0.4) is 0 Å². The molecule has 440 valence electrons. The number of amides is 8. The molecule has 4 aliphatic rings. The summed E-state index contributed by atoms with van der Waals surface area (Å²) in [6.45, 7) is 13.2. The molecule has 12 atom stereocenters. The van der Waals surface area contributed by atoms with E-state index in [4.69, 9.17) is 9.47 Å². The molecule has 8 amide bonds. The van der Waals surface area contributed by atoms with Crippen LogP contribution in [0, 0.1) is 23.7 Å². The van der Waals surface area contributed by atoms with Crippen LogP contribution in [0.5, 0.6) is 0 Å². The van der Waals surface area contributed by atoms with Gasteiger partial charge in [0.1, 0.15) is 18.1 Å². The predicted octanol–water partition coefficient (Wildman–Crippen LogP) is 6.41. The van der Waals surface area contributed by atoms with Crippen molar-refractivity contribution in [3.8, 4) is 0 Å². The first-order valence-electron chi connectivity index (χ1n) is 28.3. The van der Waals surface area contributed by atoms with Crippen molar-refractivity contribution in [2.24, 2.45) is 23.7 Å². The minimum absolute atomic E-state index is 0.0212. The summed E-state index contributed by atoms with van der Waals surface area (Å²) in [6, 6.07) is 8.93. The van der Waals surface area contributed by atoms with Crippen LogP contribution >= 0.6 is 23.5 Å². The summed E-state index contributed by atoms with van der Waals surface area (Å²) in [5.74, 6) is -5.97. The Hall–Kier alpha value is -5.51. The highest BCUT2D eigenvalue weighted by molar-refractivity contribution is 8.01. The van der Waals surface area contributed by atoms with Gasteiger partial charge in [0.25, 0.3) is 5.91 Å². The van der Waals surface area contributed by atoms with E-state index < -0.39 is 101 Å². The third-order valence-electron chi connectivity index (χ3n) is 16.5. The second kappa shape index (κ2) is 29.0. The highest BCUT2D eigenvalue weighted by Gasteiger charge is 2.46. The number of carboxylic acid groups (broad SMARTS) is 1. The molecule has 0 aromatic heterocycles. The molecule has 1 aliphatic carbocycles. The van der Waals surface area contributed by atoms with Crippen LogP contribution in [0.25, 0.3) is 0 Å². The molecule has 3 fully saturated rings. The van der Waals surface area contributed by atoms with Gasteiger partial charge >= 0.3 is 5.97 Å². The average Bonchev–Trinajstić information content (AvgIpc) is 4.01. The first-order chi connectivity index (χ1) is 38.0. The van der Waals surface area contributed by atoms with E-state index in [2.05, 4.69) is 16.0 Å². The number of ether oxygens (including phenoxy) is 2. The number of carboxylic acids is 1. The van der Waals surface area contributed by atoms with Gasteiger partial charge in [-0.05, 0) is 73.6 Å². The van der Waals surface area contributed by atoms with E-state index in [9.17, 15) is 48.3 Å². The number of fused-ring (bicyclic) bond motifs is 7. The van der Waals surface area contributed by atoms with E-state index in [1.807, 2.05) is 19.9 Å². The molecule has 3 aliphatic heterocycles. The van der Waals surface area contributed by atoms with E-state index in [0.29, 0.717) is 36.8 Å². The maximum atomic E-state index is 14.9. The smallest absolute Gasteiger partial charge is 0.326 e. The Balaban J connectivity index is 1.17. The molecule has 6 bridgehead atoms. The lowest BCUT2D eigenvalue weighted by atomic mass is 9.89. The Morgan fingerprint density at radius 3 is 2.19 bits per heavy atom. The van der Waals surface area contributed by atoms with Crippen molar-refractivity contribution < 1.29 is 57.7 Å². The monoisotopic (exact) mass is 1150 g/mol. The van der Waals surface area contributed by atoms with Gasteiger partial charge in [-0.2, -0.15) is 11.8 Å². The molecule has 80 heavy (non-hydrogen) atoms. The van der Waals surface area contributed by atoms with E-state index in [-0.39, 0.29) is 71.5 Å². The number of thioether (sulfide) groups is 2. The molecular formula is C59H85N7O12S2. The Kier molecular flexibility index (Phi) is 23.0. The number of nitrogens with one attached hydrogen (secondary N) is 3. The molecule has 2 aromatic carbocycles. The summed E-state index contributed by atoms with van der Waals surface area (Å²) in [5.41, 5.74) is 1.17. The van der Waals surface area contributed by atoms with Gasteiger partial charge in [0.05, 0.1) is 47.6 Å².